The van der Waals surface area contributed by atoms with Gasteiger partial charge >= 0.3 is 5.97 Å². The van der Waals surface area contributed by atoms with Crippen molar-refractivity contribution >= 4 is 11.9 Å². The van der Waals surface area contributed by atoms with Crippen LogP contribution in [-0.2, 0) is 9.53 Å². The number of para-hydroxylation sites is 1. The molecule has 0 radical (unpaired) electrons. The van der Waals surface area contributed by atoms with Crippen LogP contribution in [0.2, 0.25) is 0 Å². The highest BCUT2D eigenvalue weighted by Gasteiger charge is 2.51. The molecule has 1 aliphatic rings. The monoisotopic (exact) mass is 340 g/mol. The van der Waals surface area contributed by atoms with E-state index in [4.69, 9.17) is 9.47 Å². The molecule has 6 nitrogen and oxygen atoms in total. The van der Waals surface area contributed by atoms with E-state index < -0.39 is 5.54 Å². The maximum absolute atomic E-state index is 13.0. The molecule has 0 aliphatic carbocycles. The van der Waals surface area contributed by atoms with E-state index in [1.807, 2.05) is 18.2 Å². The molecule has 2 heterocycles. The van der Waals surface area contributed by atoms with E-state index in [1.54, 1.807) is 44.3 Å². The highest BCUT2D eigenvalue weighted by molar-refractivity contribution is 6.00. The molecule has 25 heavy (non-hydrogen) atoms. The van der Waals surface area contributed by atoms with Crippen molar-refractivity contribution in [1.29, 1.82) is 0 Å². The number of rotatable bonds is 5. The Labute approximate surface area is 146 Å². The molecule has 1 amide bonds. The maximum atomic E-state index is 13.0. The fourth-order valence-electron chi connectivity index (χ4n) is 2.76. The minimum Gasteiger partial charge on any atom is -0.464 e. The molecule has 1 atom stereocenters. The van der Waals surface area contributed by atoms with Crippen molar-refractivity contribution < 1.29 is 19.1 Å². The van der Waals surface area contributed by atoms with E-state index in [2.05, 4.69) is 4.98 Å². The van der Waals surface area contributed by atoms with Crippen LogP contribution >= 0.6 is 0 Å². The number of likely N-dealkylation sites (tertiary alicyclic amines) is 1. The number of carbonyl (C=O) groups excluding carboxylic acids is 2. The van der Waals surface area contributed by atoms with E-state index in [0.717, 1.165) is 0 Å². The highest BCUT2D eigenvalue weighted by atomic mass is 16.5. The zero-order chi connectivity index (χ0) is 17.9. The molecule has 1 aliphatic heterocycles. The summed E-state index contributed by atoms with van der Waals surface area (Å²) in [4.78, 5) is 30.9. The Morgan fingerprint density at radius 2 is 1.96 bits per heavy atom. The quantitative estimate of drug-likeness (QED) is 0.783. The van der Waals surface area contributed by atoms with Crippen molar-refractivity contribution in [3.8, 4) is 11.6 Å². The third-order valence-electron chi connectivity index (χ3n) is 4.34. The van der Waals surface area contributed by atoms with Crippen molar-refractivity contribution in [2.24, 2.45) is 0 Å². The summed E-state index contributed by atoms with van der Waals surface area (Å²) in [6.45, 7) is 4.25. The Morgan fingerprint density at radius 1 is 1.20 bits per heavy atom. The van der Waals surface area contributed by atoms with E-state index >= 15 is 0 Å². The first-order chi connectivity index (χ1) is 12.1. The van der Waals surface area contributed by atoms with Crippen LogP contribution in [0.5, 0.6) is 11.6 Å². The van der Waals surface area contributed by atoms with Crippen LogP contribution < -0.4 is 4.74 Å². The Morgan fingerprint density at radius 3 is 2.60 bits per heavy atom. The van der Waals surface area contributed by atoms with Crippen LogP contribution in [0.1, 0.15) is 30.6 Å². The number of benzene rings is 1. The van der Waals surface area contributed by atoms with Gasteiger partial charge in [0.25, 0.3) is 5.91 Å². The molecular formula is C19H20N2O4. The van der Waals surface area contributed by atoms with Crippen molar-refractivity contribution in [2.45, 2.75) is 25.8 Å². The molecular weight excluding hydrogens is 320 g/mol. The van der Waals surface area contributed by atoms with Gasteiger partial charge in [-0.1, -0.05) is 18.2 Å². The lowest BCUT2D eigenvalue weighted by molar-refractivity contribution is -0.162. The molecule has 3 rings (SSSR count). The van der Waals surface area contributed by atoms with Gasteiger partial charge in [0.1, 0.15) is 16.9 Å². The Kier molecular flexibility index (Phi) is 4.70. The van der Waals surface area contributed by atoms with Gasteiger partial charge in [-0.05, 0) is 44.5 Å². The van der Waals surface area contributed by atoms with Crippen LogP contribution in [0.4, 0.5) is 0 Å². The third-order valence-corrected chi connectivity index (χ3v) is 4.34. The number of hydrogen-bond donors (Lipinski definition) is 0. The van der Waals surface area contributed by atoms with Gasteiger partial charge in [0, 0.05) is 12.7 Å². The van der Waals surface area contributed by atoms with E-state index in [9.17, 15) is 9.59 Å². The smallest absolute Gasteiger partial charge is 0.331 e. The molecule has 0 spiro atoms. The predicted octanol–water partition coefficient (Wildman–Crippen LogP) is 3.04. The van der Waals surface area contributed by atoms with E-state index in [1.165, 1.54) is 4.90 Å². The molecule has 1 fully saturated rings. The second-order valence-corrected chi connectivity index (χ2v) is 5.97. The van der Waals surface area contributed by atoms with Crippen molar-refractivity contribution in [3.05, 3.63) is 54.2 Å². The number of carbonyl (C=O) groups is 2. The number of hydrogen-bond acceptors (Lipinski definition) is 5. The Hall–Kier alpha value is -2.89. The number of pyridine rings is 1. The summed E-state index contributed by atoms with van der Waals surface area (Å²) in [6, 6.07) is 12.5. The van der Waals surface area contributed by atoms with Crippen molar-refractivity contribution in [3.63, 3.8) is 0 Å². The number of ether oxygens (including phenoxy) is 2. The highest BCUT2D eigenvalue weighted by Crippen LogP contribution is 2.35. The first kappa shape index (κ1) is 17.0. The molecule has 0 N–H and O–H groups in total. The Balaban J connectivity index is 1.85. The number of esters is 1. The summed E-state index contributed by atoms with van der Waals surface area (Å²) < 4.78 is 10.9. The number of nitrogens with zero attached hydrogens (tertiary/aromatic N) is 2. The molecule has 1 aromatic carbocycles. The second kappa shape index (κ2) is 6.93. The van der Waals surface area contributed by atoms with Gasteiger partial charge in [-0.25, -0.2) is 9.78 Å². The van der Waals surface area contributed by atoms with Gasteiger partial charge in [-0.2, -0.15) is 0 Å². The van der Waals surface area contributed by atoms with Crippen LogP contribution in [0.25, 0.3) is 0 Å². The van der Waals surface area contributed by atoms with Gasteiger partial charge in [-0.15, -0.1) is 0 Å². The molecule has 1 aromatic heterocycles. The average Bonchev–Trinajstić information content (AvgIpc) is 2.61. The van der Waals surface area contributed by atoms with Gasteiger partial charge in [0.15, 0.2) is 0 Å². The summed E-state index contributed by atoms with van der Waals surface area (Å²) in [7, 11) is 0. The minimum absolute atomic E-state index is 0.219. The summed E-state index contributed by atoms with van der Waals surface area (Å²) in [6.07, 6.45) is 2.14. The van der Waals surface area contributed by atoms with Crippen LogP contribution in [0.15, 0.2) is 48.7 Å². The lowest BCUT2D eigenvalue weighted by Gasteiger charge is -2.48. The zero-order valence-electron chi connectivity index (χ0n) is 14.3. The SMILES string of the molecule is CCOC(=O)C1(C)CCN1C(=O)c1cccnc1Oc1ccccc1. The number of amides is 1. The summed E-state index contributed by atoms with van der Waals surface area (Å²) in [5.41, 5.74) is -0.617. The first-order valence-electron chi connectivity index (χ1n) is 8.23. The van der Waals surface area contributed by atoms with Crippen LogP contribution in [0, 0.1) is 0 Å². The fourth-order valence-corrected chi connectivity index (χ4v) is 2.76. The van der Waals surface area contributed by atoms with Gasteiger partial charge in [-0.3, -0.25) is 4.79 Å². The normalized spacial score (nSPS) is 19.0. The fraction of sp³-hybridized carbons (Fsp3) is 0.316. The number of aromatic nitrogens is 1. The largest absolute Gasteiger partial charge is 0.464 e. The molecule has 1 saturated heterocycles. The van der Waals surface area contributed by atoms with Crippen LogP contribution in [0.3, 0.4) is 0 Å². The van der Waals surface area contributed by atoms with E-state index in [0.29, 0.717) is 24.3 Å². The van der Waals surface area contributed by atoms with Gasteiger partial charge in [0.2, 0.25) is 5.88 Å². The lowest BCUT2D eigenvalue weighted by Crippen LogP contribution is -2.65. The molecule has 130 valence electrons. The van der Waals surface area contributed by atoms with E-state index in [-0.39, 0.29) is 24.4 Å². The summed E-state index contributed by atoms with van der Waals surface area (Å²) in [5, 5.41) is 0. The molecule has 6 heteroatoms. The lowest BCUT2D eigenvalue weighted by atomic mass is 9.86. The maximum Gasteiger partial charge on any atom is 0.331 e. The zero-order valence-corrected chi connectivity index (χ0v) is 14.3. The van der Waals surface area contributed by atoms with Gasteiger partial charge < -0.3 is 14.4 Å². The van der Waals surface area contributed by atoms with Crippen molar-refractivity contribution in [1.82, 2.24) is 9.88 Å². The van der Waals surface area contributed by atoms with Crippen LogP contribution in [-0.4, -0.2) is 40.5 Å². The van der Waals surface area contributed by atoms with Gasteiger partial charge in [0.05, 0.1) is 6.61 Å². The molecule has 1 unspecified atom stereocenters. The Bertz CT molecular complexity index is 778. The molecule has 2 aromatic rings. The van der Waals surface area contributed by atoms with Crippen molar-refractivity contribution in [2.75, 3.05) is 13.2 Å². The minimum atomic E-state index is -0.938. The molecule has 0 saturated carbocycles. The predicted molar refractivity (Wildman–Crippen MR) is 91.4 cm³/mol. The average molecular weight is 340 g/mol. The third kappa shape index (κ3) is 3.20. The summed E-state index contributed by atoms with van der Waals surface area (Å²) >= 11 is 0. The summed E-state index contributed by atoms with van der Waals surface area (Å²) in [5.74, 6) is 0.133. The first-order valence-corrected chi connectivity index (χ1v) is 8.23. The standard InChI is InChI=1S/C19H20N2O4/c1-3-24-18(23)19(2)11-13-21(19)17(22)15-10-7-12-20-16(15)25-14-8-5-4-6-9-14/h4-10,12H,3,11,13H2,1-2H3. The topological polar surface area (TPSA) is 68.7 Å². The second-order valence-electron chi connectivity index (χ2n) is 5.97. The molecule has 0 bridgehead atoms.